The van der Waals surface area contributed by atoms with E-state index in [4.69, 9.17) is 15.2 Å². The molecule has 0 aliphatic heterocycles. The summed E-state index contributed by atoms with van der Waals surface area (Å²) >= 11 is 0. The number of nitrogens with two attached hydrogens (primary N) is 1. The highest BCUT2D eigenvalue weighted by Gasteiger charge is 2.29. The van der Waals surface area contributed by atoms with E-state index in [-0.39, 0.29) is 17.6 Å². The Morgan fingerprint density at radius 1 is 1.11 bits per heavy atom. The van der Waals surface area contributed by atoms with Crippen LogP contribution in [0.5, 0.6) is 11.5 Å². The highest BCUT2D eigenvalue weighted by Crippen LogP contribution is 2.27. The van der Waals surface area contributed by atoms with Crippen LogP contribution < -0.4 is 15.2 Å². The van der Waals surface area contributed by atoms with E-state index in [0.717, 1.165) is 24.5 Å². The molecule has 3 heteroatoms. The molecule has 0 heterocycles. The van der Waals surface area contributed by atoms with Gasteiger partial charge in [0.25, 0.3) is 0 Å². The summed E-state index contributed by atoms with van der Waals surface area (Å²) in [6, 6.07) is 7.73. The summed E-state index contributed by atoms with van der Waals surface area (Å²) in [5, 5.41) is 0. The second-order valence-corrected chi connectivity index (χ2v) is 6.08. The average molecular weight is 265 g/mol. The topological polar surface area (TPSA) is 44.5 Å². The minimum absolute atomic E-state index is 0.00550. The predicted octanol–water partition coefficient (Wildman–Crippen LogP) is 3.62. The van der Waals surface area contributed by atoms with Gasteiger partial charge in [0.15, 0.2) is 0 Å². The second-order valence-electron chi connectivity index (χ2n) is 6.08. The van der Waals surface area contributed by atoms with Crippen molar-refractivity contribution in [3.8, 4) is 11.5 Å². The minimum atomic E-state index is -0.0186. The Hall–Kier alpha value is -1.22. The van der Waals surface area contributed by atoms with Crippen molar-refractivity contribution < 1.29 is 9.47 Å². The lowest BCUT2D eigenvalue weighted by Crippen LogP contribution is -2.45. The SMILES string of the molecule is CCCOc1ccc(OC(C(C)N)C(C)(C)C)cc1. The van der Waals surface area contributed by atoms with Crippen LogP contribution in [0.1, 0.15) is 41.0 Å². The Morgan fingerprint density at radius 2 is 1.63 bits per heavy atom. The number of hydrogen-bond donors (Lipinski definition) is 1. The van der Waals surface area contributed by atoms with Crippen molar-refractivity contribution in [1.29, 1.82) is 0 Å². The standard InChI is InChI=1S/C16H27NO2/c1-6-11-18-13-7-9-14(10-8-13)19-15(12(2)17)16(3,4)5/h7-10,12,15H,6,11,17H2,1-5H3. The Labute approximate surface area is 117 Å². The van der Waals surface area contributed by atoms with Crippen molar-refractivity contribution in [3.63, 3.8) is 0 Å². The van der Waals surface area contributed by atoms with E-state index in [9.17, 15) is 0 Å². The fourth-order valence-corrected chi connectivity index (χ4v) is 2.05. The minimum Gasteiger partial charge on any atom is -0.494 e. The van der Waals surface area contributed by atoms with E-state index in [1.807, 2.05) is 31.2 Å². The fraction of sp³-hybridized carbons (Fsp3) is 0.625. The Kier molecular flexibility index (Phi) is 5.67. The van der Waals surface area contributed by atoms with Crippen LogP contribution in [0.15, 0.2) is 24.3 Å². The van der Waals surface area contributed by atoms with Crippen molar-refractivity contribution in [1.82, 2.24) is 0 Å². The number of rotatable bonds is 6. The molecule has 1 aromatic rings. The summed E-state index contributed by atoms with van der Waals surface area (Å²) in [6.45, 7) is 11.2. The molecule has 2 atom stereocenters. The molecule has 0 aliphatic carbocycles. The Bertz CT molecular complexity index is 365. The third kappa shape index (κ3) is 5.11. The van der Waals surface area contributed by atoms with Gasteiger partial charge >= 0.3 is 0 Å². The van der Waals surface area contributed by atoms with E-state index < -0.39 is 0 Å². The van der Waals surface area contributed by atoms with E-state index in [1.165, 1.54) is 0 Å². The van der Waals surface area contributed by atoms with Crippen LogP contribution in [0.3, 0.4) is 0 Å². The zero-order valence-electron chi connectivity index (χ0n) is 12.8. The van der Waals surface area contributed by atoms with Gasteiger partial charge in [-0.1, -0.05) is 27.7 Å². The first kappa shape index (κ1) is 15.8. The number of ether oxygens (including phenoxy) is 2. The second kappa shape index (κ2) is 6.80. The first-order chi connectivity index (χ1) is 8.84. The van der Waals surface area contributed by atoms with Crippen LogP contribution in [0.2, 0.25) is 0 Å². The maximum atomic E-state index is 6.02. The van der Waals surface area contributed by atoms with Gasteiger partial charge in [-0.25, -0.2) is 0 Å². The molecule has 0 aliphatic rings. The van der Waals surface area contributed by atoms with E-state index >= 15 is 0 Å². The van der Waals surface area contributed by atoms with E-state index in [0.29, 0.717) is 0 Å². The quantitative estimate of drug-likeness (QED) is 0.854. The molecular formula is C16H27NO2. The lowest BCUT2D eigenvalue weighted by atomic mass is 9.85. The maximum absolute atomic E-state index is 6.02. The fourth-order valence-electron chi connectivity index (χ4n) is 2.05. The monoisotopic (exact) mass is 265 g/mol. The summed E-state index contributed by atoms with van der Waals surface area (Å²) in [4.78, 5) is 0. The molecule has 3 nitrogen and oxygen atoms in total. The van der Waals surface area contributed by atoms with Gasteiger partial charge in [0.2, 0.25) is 0 Å². The van der Waals surface area contributed by atoms with E-state index in [2.05, 4.69) is 27.7 Å². The van der Waals surface area contributed by atoms with Gasteiger partial charge in [0.05, 0.1) is 6.61 Å². The summed E-state index contributed by atoms with van der Waals surface area (Å²) in [6.07, 6.45) is 0.990. The molecule has 0 radical (unpaired) electrons. The van der Waals surface area contributed by atoms with Crippen molar-refractivity contribution in [2.45, 2.75) is 53.2 Å². The van der Waals surface area contributed by atoms with E-state index in [1.54, 1.807) is 0 Å². The molecule has 108 valence electrons. The van der Waals surface area contributed by atoms with Gasteiger partial charge in [-0.05, 0) is 37.6 Å². The molecule has 0 amide bonds. The van der Waals surface area contributed by atoms with Crippen molar-refractivity contribution >= 4 is 0 Å². The Morgan fingerprint density at radius 3 is 2.05 bits per heavy atom. The van der Waals surface area contributed by atoms with Crippen LogP contribution in [0.4, 0.5) is 0 Å². The summed E-state index contributed by atoms with van der Waals surface area (Å²) < 4.78 is 11.6. The molecule has 2 unspecified atom stereocenters. The predicted molar refractivity (Wildman–Crippen MR) is 79.7 cm³/mol. The highest BCUT2D eigenvalue weighted by molar-refractivity contribution is 5.31. The number of hydrogen-bond acceptors (Lipinski definition) is 3. The van der Waals surface area contributed by atoms with Gasteiger partial charge in [0, 0.05) is 11.5 Å². The first-order valence-electron chi connectivity index (χ1n) is 6.99. The van der Waals surface area contributed by atoms with Gasteiger partial charge < -0.3 is 15.2 Å². The Balaban J connectivity index is 2.70. The van der Waals surface area contributed by atoms with Gasteiger partial charge in [0.1, 0.15) is 17.6 Å². The zero-order chi connectivity index (χ0) is 14.5. The normalized spacial score (nSPS) is 14.8. The van der Waals surface area contributed by atoms with Crippen LogP contribution >= 0.6 is 0 Å². The molecule has 0 saturated heterocycles. The van der Waals surface area contributed by atoms with Crippen molar-refractivity contribution in [3.05, 3.63) is 24.3 Å². The highest BCUT2D eigenvalue weighted by atomic mass is 16.5. The molecule has 0 bridgehead atoms. The largest absolute Gasteiger partial charge is 0.494 e. The van der Waals surface area contributed by atoms with Crippen LogP contribution in [-0.4, -0.2) is 18.8 Å². The smallest absolute Gasteiger partial charge is 0.120 e. The summed E-state index contributed by atoms with van der Waals surface area (Å²) in [5.74, 6) is 1.71. The molecule has 1 aromatic carbocycles. The van der Waals surface area contributed by atoms with Crippen LogP contribution in [0, 0.1) is 5.41 Å². The molecular weight excluding hydrogens is 238 g/mol. The maximum Gasteiger partial charge on any atom is 0.120 e. The lowest BCUT2D eigenvalue weighted by Gasteiger charge is -2.34. The van der Waals surface area contributed by atoms with Gasteiger partial charge in [-0.3, -0.25) is 0 Å². The molecule has 0 spiro atoms. The molecule has 19 heavy (non-hydrogen) atoms. The van der Waals surface area contributed by atoms with Crippen molar-refractivity contribution in [2.24, 2.45) is 11.1 Å². The zero-order valence-corrected chi connectivity index (χ0v) is 12.8. The molecule has 0 fully saturated rings. The van der Waals surface area contributed by atoms with Gasteiger partial charge in [-0.2, -0.15) is 0 Å². The molecule has 0 saturated carbocycles. The summed E-state index contributed by atoms with van der Waals surface area (Å²) in [5.41, 5.74) is 6.02. The molecule has 1 rings (SSSR count). The van der Waals surface area contributed by atoms with Crippen LogP contribution in [0.25, 0.3) is 0 Å². The third-order valence-electron chi connectivity index (χ3n) is 2.89. The third-order valence-corrected chi connectivity index (χ3v) is 2.89. The van der Waals surface area contributed by atoms with Gasteiger partial charge in [-0.15, -0.1) is 0 Å². The molecule has 0 aromatic heterocycles. The lowest BCUT2D eigenvalue weighted by molar-refractivity contribution is 0.0684. The van der Waals surface area contributed by atoms with Crippen molar-refractivity contribution in [2.75, 3.05) is 6.61 Å². The average Bonchev–Trinajstić information content (AvgIpc) is 2.33. The first-order valence-corrected chi connectivity index (χ1v) is 6.99. The number of benzene rings is 1. The summed E-state index contributed by atoms with van der Waals surface area (Å²) in [7, 11) is 0. The molecule has 2 N–H and O–H groups in total. The van der Waals surface area contributed by atoms with Crippen LogP contribution in [-0.2, 0) is 0 Å².